The molecule has 0 unspecified atom stereocenters. The molecule has 2 aromatic carbocycles. The van der Waals surface area contributed by atoms with Crippen LogP contribution in [0.2, 0.25) is 10.0 Å². The van der Waals surface area contributed by atoms with Crippen LogP contribution < -0.4 is 5.48 Å². The zero-order chi connectivity index (χ0) is 14.7. The van der Waals surface area contributed by atoms with Crippen molar-refractivity contribution in [3.05, 3.63) is 63.6 Å². The smallest absolute Gasteiger partial charge is 0.338 e. The summed E-state index contributed by atoms with van der Waals surface area (Å²) in [6, 6.07) is 7.41. The number of carbonyl (C=O) groups excluding carboxylic acids is 1. The summed E-state index contributed by atoms with van der Waals surface area (Å²) in [5, 5.41) is -0.219. The van der Waals surface area contributed by atoms with E-state index in [0.717, 1.165) is 12.1 Å². The summed E-state index contributed by atoms with van der Waals surface area (Å²) in [7, 11) is 0. The molecule has 0 saturated heterocycles. The van der Waals surface area contributed by atoms with E-state index in [2.05, 4.69) is 10.3 Å². The molecule has 2 aromatic rings. The van der Waals surface area contributed by atoms with Gasteiger partial charge >= 0.3 is 5.97 Å². The first-order valence-electron chi connectivity index (χ1n) is 5.35. The van der Waals surface area contributed by atoms with Gasteiger partial charge in [0.05, 0.1) is 15.7 Å². The lowest BCUT2D eigenvalue weighted by atomic mass is 10.2. The zero-order valence-corrected chi connectivity index (χ0v) is 11.3. The first-order valence-corrected chi connectivity index (χ1v) is 6.11. The third-order valence-electron chi connectivity index (χ3n) is 2.35. The van der Waals surface area contributed by atoms with Gasteiger partial charge < -0.3 is 4.84 Å². The Balaban J connectivity index is 2.11. The number of anilines is 1. The SMILES string of the molecule is O=C(ONc1ccc(F)c(Cl)c1)c1c(F)cccc1Cl. The average Bonchev–Trinajstić information content (AvgIpc) is 2.40. The number of carbonyl (C=O) groups is 1. The third kappa shape index (κ3) is 3.18. The predicted molar refractivity (Wildman–Crippen MR) is 71.9 cm³/mol. The Morgan fingerprint density at radius 3 is 2.45 bits per heavy atom. The summed E-state index contributed by atoms with van der Waals surface area (Å²) in [4.78, 5) is 16.4. The van der Waals surface area contributed by atoms with Crippen molar-refractivity contribution in [3.8, 4) is 0 Å². The van der Waals surface area contributed by atoms with E-state index in [9.17, 15) is 13.6 Å². The van der Waals surface area contributed by atoms with Gasteiger partial charge in [-0.25, -0.2) is 19.1 Å². The molecule has 104 valence electrons. The van der Waals surface area contributed by atoms with Gasteiger partial charge in [0.2, 0.25) is 0 Å². The van der Waals surface area contributed by atoms with Crippen LogP contribution >= 0.6 is 23.2 Å². The van der Waals surface area contributed by atoms with Gasteiger partial charge in [0.25, 0.3) is 0 Å². The van der Waals surface area contributed by atoms with Crippen LogP contribution in [0, 0.1) is 11.6 Å². The lowest BCUT2D eigenvalue weighted by Crippen LogP contribution is -2.13. The molecule has 2 rings (SSSR count). The van der Waals surface area contributed by atoms with Crippen LogP contribution in [0.3, 0.4) is 0 Å². The maximum absolute atomic E-state index is 13.5. The van der Waals surface area contributed by atoms with Crippen molar-refractivity contribution in [1.82, 2.24) is 0 Å². The second kappa shape index (κ2) is 6.07. The van der Waals surface area contributed by atoms with E-state index in [1.165, 1.54) is 24.3 Å². The van der Waals surface area contributed by atoms with Gasteiger partial charge in [-0.05, 0) is 30.3 Å². The molecule has 0 heterocycles. The van der Waals surface area contributed by atoms with Crippen LogP contribution in [0.4, 0.5) is 14.5 Å². The molecule has 0 aliphatic carbocycles. The lowest BCUT2D eigenvalue weighted by Gasteiger charge is -2.08. The highest BCUT2D eigenvalue weighted by molar-refractivity contribution is 6.33. The summed E-state index contributed by atoms with van der Waals surface area (Å²) in [5.41, 5.74) is 2.08. The summed E-state index contributed by atoms with van der Waals surface area (Å²) in [6.07, 6.45) is 0. The molecule has 0 radical (unpaired) electrons. The summed E-state index contributed by atoms with van der Waals surface area (Å²) in [6.45, 7) is 0. The first kappa shape index (κ1) is 14.6. The van der Waals surface area contributed by atoms with E-state index in [0.29, 0.717) is 0 Å². The Labute approximate surface area is 123 Å². The lowest BCUT2D eigenvalue weighted by molar-refractivity contribution is 0.0591. The van der Waals surface area contributed by atoms with Crippen LogP contribution in [0.25, 0.3) is 0 Å². The van der Waals surface area contributed by atoms with Crippen molar-refractivity contribution >= 4 is 34.9 Å². The number of rotatable bonds is 3. The third-order valence-corrected chi connectivity index (χ3v) is 2.95. The summed E-state index contributed by atoms with van der Waals surface area (Å²) >= 11 is 11.3. The topological polar surface area (TPSA) is 38.3 Å². The molecule has 0 aliphatic heterocycles. The minimum absolute atomic E-state index is 0.0751. The van der Waals surface area contributed by atoms with E-state index in [4.69, 9.17) is 23.2 Å². The van der Waals surface area contributed by atoms with E-state index in [-0.39, 0.29) is 15.7 Å². The Kier molecular flexibility index (Phi) is 4.42. The molecule has 0 aliphatic rings. The van der Waals surface area contributed by atoms with Crippen molar-refractivity contribution in [2.75, 3.05) is 5.48 Å². The highest BCUT2D eigenvalue weighted by Gasteiger charge is 2.17. The summed E-state index contributed by atoms with van der Waals surface area (Å²) in [5.74, 6) is -2.42. The van der Waals surface area contributed by atoms with Gasteiger partial charge in [-0.15, -0.1) is 0 Å². The van der Waals surface area contributed by atoms with E-state index >= 15 is 0 Å². The van der Waals surface area contributed by atoms with Crippen LogP contribution in [0.5, 0.6) is 0 Å². The first-order chi connectivity index (χ1) is 9.49. The minimum Gasteiger partial charge on any atom is -0.338 e. The molecule has 0 fully saturated rings. The fraction of sp³-hybridized carbons (Fsp3) is 0. The molecule has 20 heavy (non-hydrogen) atoms. The molecule has 0 amide bonds. The van der Waals surface area contributed by atoms with Crippen LogP contribution in [0.1, 0.15) is 10.4 Å². The number of benzene rings is 2. The molecular formula is C13H7Cl2F2NO2. The Bertz CT molecular complexity index is 645. The highest BCUT2D eigenvalue weighted by Crippen LogP contribution is 2.22. The molecule has 3 nitrogen and oxygen atoms in total. The van der Waals surface area contributed by atoms with Crippen molar-refractivity contribution in [1.29, 1.82) is 0 Å². The van der Waals surface area contributed by atoms with Crippen molar-refractivity contribution < 1.29 is 18.4 Å². The van der Waals surface area contributed by atoms with Gasteiger partial charge in [0, 0.05) is 0 Å². The fourth-order valence-electron chi connectivity index (χ4n) is 1.41. The zero-order valence-electron chi connectivity index (χ0n) is 9.79. The van der Waals surface area contributed by atoms with Crippen LogP contribution in [-0.4, -0.2) is 5.97 Å². The maximum atomic E-state index is 13.5. The van der Waals surface area contributed by atoms with E-state index < -0.39 is 23.2 Å². The van der Waals surface area contributed by atoms with Gasteiger partial charge in [0.1, 0.15) is 17.2 Å². The standard InChI is InChI=1S/C13H7Cl2F2NO2/c14-8-2-1-3-11(17)12(8)13(19)20-18-7-4-5-10(16)9(15)6-7/h1-6,18H. The monoisotopic (exact) mass is 317 g/mol. The molecule has 0 bridgehead atoms. The Morgan fingerprint density at radius 1 is 1.05 bits per heavy atom. The van der Waals surface area contributed by atoms with Gasteiger partial charge in [-0.1, -0.05) is 29.3 Å². The normalized spacial score (nSPS) is 10.2. The molecule has 0 saturated carbocycles. The van der Waals surface area contributed by atoms with Crippen LogP contribution in [-0.2, 0) is 4.84 Å². The van der Waals surface area contributed by atoms with Crippen LogP contribution in [0.15, 0.2) is 36.4 Å². The Morgan fingerprint density at radius 2 is 1.80 bits per heavy atom. The van der Waals surface area contributed by atoms with Gasteiger partial charge in [0.15, 0.2) is 0 Å². The fourth-order valence-corrected chi connectivity index (χ4v) is 1.83. The molecule has 0 aromatic heterocycles. The van der Waals surface area contributed by atoms with Crippen molar-refractivity contribution in [3.63, 3.8) is 0 Å². The minimum atomic E-state index is -1.01. The molecule has 0 spiro atoms. The number of hydrogen-bond donors (Lipinski definition) is 1. The van der Waals surface area contributed by atoms with E-state index in [1.807, 2.05) is 0 Å². The average molecular weight is 318 g/mol. The number of halogens is 4. The van der Waals surface area contributed by atoms with Gasteiger partial charge in [-0.2, -0.15) is 0 Å². The predicted octanol–water partition coefficient (Wildman–Crippen LogP) is 4.46. The quantitative estimate of drug-likeness (QED) is 0.850. The number of nitrogens with one attached hydrogen (secondary N) is 1. The molecular weight excluding hydrogens is 311 g/mol. The van der Waals surface area contributed by atoms with Gasteiger partial charge in [-0.3, -0.25) is 0 Å². The highest BCUT2D eigenvalue weighted by atomic mass is 35.5. The molecule has 7 heteroatoms. The molecule has 1 N–H and O–H groups in total. The largest absolute Gasteiger partial charge is 0.367 e. The maximum Gasteiger partial charge on any atom is 0.367 e. The Hall–Kier alpha value is -1.85. The molecule has 0 atom stereocenters. The van der Waals surface area contributed by atoms with Crippen molar-refractivity contribution in [2.45, 2.75) is 0 Å². The second-order valence-corrected chi connectivity index (χ2v) is 4.53. The van der Waals surface area contributed by atoms with Crippen molar-refractivity contribution in [2.24, 2.45) is 0 Å². The second-order valence-electron chi connectivity index (χ2n) is 3.72. The number of hydrogen-bond acceptors (Lipinski definition) is 3. The van der Waals surface area contributed by atoms with E-state index in [1.54, 1.807) is 0 Å². The summed E-state index contributed by atoms with van der Waals surface area (Å²) < 4.78 is 26.4.